The lowest BCUT2D eigenvalue weighted by atomic mass is 9.95. The zero-order valence-corrected chi connectivity index (χ0v) is 22.6. The van der Waals surface area contributed by atoms with Gasteiger partial charge in [0.05, 0.1) is 41.0 Å². The van der Waals surface area contributed by atoms with E-state index in [1.165, 1.54) is 12.7 Å². The number of unbranched alkanes of at least 4 members (excludes halogenated alkanes) is 1. The first kappa shape index (κ1) is 28.2. The number of carbonyl (C=O) groups is 2. The lowest BCUT2D eigenvalue weighted by molar-refractivity contribution is -0.157. The lowest BCUT2D eigenvalue weighted by Gasteiger charge is -2.36. The Morgan fingerprint density at radius 2 is 1.59 bits per heavy atom. The van der Waals surface area contributed by atoms with Gasteiger partial charge in [-0.25, -0.2) is 4.79 Å². The molecule has 1 aliphatic rings. The molecule has 3 rings (SSSR count). The average molecular weight is 514 g/mol. The first-order valence-electron chi connectivity index (χ1n) is 12.8. The second-order valence-electron chi connectivity index (χ2n) is 9.20. The summed E-state index contributed by atoms with van der Waals surface area (Å²) in [6, 6.07) is 11.0. The summed E-state index contributed by atoms with van der Waals surface area (Å²) < 4.78 is 27.1. The summed E-state index contributed by atoms with van der Waals surface area (Å²) in [4.78, 5) is 28.2. The zero-order chi connectivity index (χ0) is 26.8. The Balaban J connectivity index is 1.58. The first-order chi connectivity index (χ1) is 17.9. The maximum Gasteiger partial charge on any atom is 0.328 e. The number of hydrogen-bond acceptors (Lipinski definition) is 7. The van der Waals surface area contributed by atoms with Crippen LogP contribution in [0.3, 0.4) is 0 Å². The number of methoxy groups -OCH3 is 4. The summed E-state index contributed by atoms with van der Waals surface area (Å²) in [7, 11) is 6.28. The summed E-state index contributed by atoms with van der Waals surface area (Å²) in [5.74, 6) is 1.35. The van der Waals surface area contributed by atoms with E-state index in [2.05, 4.69) is 0 Å². The molecule has 202 valence electrons. The SMILES string of the molecule is COc1ccc(CCCCOC(=O)[C@@H]2CCCCN2C(=O)C(C)c2cc(OC)c(OC)c(OC)c2)cc1. The van der Waals surface area contributed by atoms with E-state index < -0.39 is 12.0 Å². The molecule has 2 aromatic carbocycles. The van der Waals surface area contributed by atoms with E-state index in [0.717, 1.165) is 43.4 Å². The average Bonchev–Trinajstić information content (AvgIpc) is 2.95. The molecular formula is C29H39NO7. The van der Waals surface area contributed by atoms with Gasteiger partial charge in [0, 0.05) is 6.54 Å². The molecule has 0 bridgehead atoms. The van der Waals surface area contributed by atoms with Crippen LogP contribution in [0, 0.1) is 0 Å². The Morgan fingerprint density at radius 3 is 2.19 bits per heavy atom. The van der Waals surface area contributed by atoms with Crippen LogP contribution in [-0.2, 0) is 20.7 Å². The highest BCUT2D eigenvalue weighted by Gasteiger charge is 2.36. The summed E-state index contributed by atoms with van der Waals surface area (Å²) in [5, 5.41) is 0. The van der Waals surface area contributed by atoms with Crippen molar-refractivity contribution in [2.45, 2.75) is 57.4 Å². The van der Waals surface area contributed by atoms with Crippen molar-refractivity contribution in [1.82, 2.24) is 4.90 Å². The van der Waals surface area contributed by atoms with Crippen molar-refractivity contribution >= 4 is 11.9 Å². The Morgan fingerprint density at radius 1 is 0.919 bits per heavy atom. The van der Waals surface area contributed by atoms with Crippen molar-refractivity contribution in [2.24, 2.45) is 0 Å². The Labute approximate surface area is 219 Å². The molecule has 8 nitrogen and oxygen atoms in total. The van der Waals surface area contributed by atoms with Crippen LogP contribution in [0.5, 0.6) is 23.0 Å². The number of hydrogen-bond donors (Lipinski definition) is 0. The van der Waals surface area contributed by atoms with Gasteiger partial charge in [0.2, 0.25) is 11.7 Å². The molecule has 0 N–H and O–H groups in total. The molecule has 0 radical (unpaired) electrons. The van der Waals surface area contributed by atoms with Crippen molar-refractivity contribution in [2.75, 3.05) is 41.6 Å². The first-order valence-corrected chi connectivity index (χ1v) is 12.8. The predicted molar refractivity (Wildman–Crippen MR) is 141 cm³/mol. The molecule has 1 saturated heterocycles. The molecule has 37 heavy (non-hydrogen) atoms. The van der Waals surface area contributed by atoms with E-state index in [0.29, 0.717) is 36.8 Å². The van der Waals surface area contributed by atoms with Crippen LogP contribution in [0.15, 0.2) is 36.4 Å². The number of likely N-dealkylation sites (tertiary alicyclic amines) is 1. The van der Waals surface area contributed by atoms with Gasteiger partial charge in [0.1, 0.15) is 11.8 Å². The summed E-state index contributed by atoms with van der Waals surface area (Å²) >= 11 is 0. The van der Waals surface area contributed by atoms with E-state index in [-0.39, 0.29) is 11.9 Å². The molecular weight excluding hydrogens is 474 g/mol. The van der Waals surface area contributed by atoms with E-state index in [9.17, 15) is 9.59 Å². The van der Waals surface area contributed by atoms with Gasteiger partial charge in [-0.1, -0.05) is 12.1 Å². The monoisotopic (exact) mass is 513 g/mol. The molecule has 1 heterocycles. The number of nitrogens with zero attached hydrogens (tertiary/aromatic N) is 1. The summed E-state index contributed by atoms with van der Waals surface area (Å²) in [6.45, 7) is 2.71. The number of ether oxygens (including phenoxy) is 5. The minimum Gasteiger partial charge on any atom is -0.497 e. The fraction of sp³-hybridized carbons (Fsp3) is 0.517. The van der Waals surface area contributed by atoms with Gasteiger partial charge < -0.3 is 28.6 Å². The quantitative estimate of drug-likeness (QED) is 0.299. The molecule has 1 amide bonds. The van der Waals surface area contributed by atoms with Crippen LogP contribution < -0.4 is 18.9 Å². The predicted octanol–water partition coefficient (Wildman–Crippen LogP) is 4.77. The van der Waals surface area contributed by atoms with Crippen molar-refractivity contribution in [3.05, 3.63) is 47.5 Å². The minimum absolute atomic E-state index is 0.115. The smallest absolute Gasteiger partial charge is 0.328 e. The normalized spacial score (nSPS) is 16.0. The van der Waals surface area contributed by atoms with Crippen LogP contribution in [-0.4, -0.2) is 64.4 Å². The van der Waals surface area contributed by atoms with Gasteiger partial charge >= 0.3 is 5.97 Å². The highest BCUT2D eigenvalue weighted by Crippen LogP contribution is 2.40. The van der Waals surface area contributed by atoms with Gasteiger partial charge in [-0.05, 0) is 80.8 Å². The van der Waals surface area contributed by atoms with E-state index in [1.807, 2.05) is 31.2 Å². The van der Waals surface area contributed by atoms with Crippen molar-refractivity contribution in [3.63, 3.8) is 0 Å². The third-order valence-electron chi connectivity index (χ3n) is 6.88. The highest BCUT2D eigenvalue weighted by molar-refractivity contribution is 5.89. The van der Waals surface area contributed by atoms with Gasteiger partial charge in [0.25, 0.3) is 0 Å². The maximum atomic E-state index is 13.5. The number of esters is 1. The van der Waals surface area contributed by atoms with Crippen LogP contribution in [0.4, 0.5) is 0 Å². The molecule has 1 aliphatic heterocycles. The second kappa shape index (κ2) is 13.8. The second-order valence-corrected chi connectivity index (χ2v) is 9.20. The fourth-order valence-electron chi connectivity index (χ4n) is 4.68. The molecule has 8 heteroatoms. The molecule has 1 unspecified atom stereocenters. The van der Waals surface area contributed by atoms with Crippen molar-refractivity contribution < 1.29 is 33.3 Å². The molecule has 0 spiro atoms. The van der Waals surface area contributed by atoms with Crippen molar-refractivity contribution in [3.8, 4) is 23.0 Å². The fourth-order valence-corrected chi connectivity index (χ4v) is 4.68. The van der Waals surface area contributed by atoms with Gasteiger partial charge in [-0.2, -0.15) is 0 Å². The summed E-state index contributed by atoms with van der Waals surface area (Å²) in [6.07, 6.45) is 4.94. The van der Waals surface area contributed by atoms with Gasteiger partial charge in [-0.15, -0.1) is 0 Å². The molecule has 2 atom stereocenters. The van der Waals surface area contributed by atoms with Crippen LogP contribution in [0.1, 0.15) is 56.1 Å². The summed E-state index contributed by atoms with van der Waals surface area (Å²) in [5.41, 5.74) is 1.95. The molecule has 2 aromatic rings. The maximum absolute atomic E-state index is 13.5. The van der Waals surface area contributed by atoms with E-state index in [4.69, 9.17) is 23.7 Å². The van der Waals surface area contributed by atoms with Crippen LogP contribution in [0.25, 0.3) is 0 Å². The molecule has 1 fully saturated rings. The number of amides is 1. The van der Waals surface area contributed by atoms with Gasteiger partial charge in [0.15, 0.2) is 11.5 Å². The number of carbonyl (C=O) groups excluding carboxylic acids is 2. The molecule has 0 aliphatic carbocycles. The Kier molecular flexibility index (Phi) is 10.5. The number of rotatable bonds is 12. The highest BCUT2D eigenvalue weighted by atomic mass is 16.5. The minimum atomic E-state index is -0.563. The topological polar surface area (TPSA) is 83.5 Å². The largest absolute Gasteiger partial charge is 0.497 e. The van der Waals surface area contributed by atoms with Gasteiger partial charge in [-0.3, -0.25) is 4.79 Å². The van der Waals surface area contributed by atoms with E-state index in [1.54, 1.807) is 38.4 Å². The Hall–Kier alpha value is -3.42. The number of piperidine rings is 1. The van der Waals surface area contributed by atoms with Crippen LogP contribution >= 0.6 is 0 Å². The number of benzene rings is 2. The standard InChI is InChI=1S/C29H39NO7/c1-20(22-18-25(34-3)27(36-5)26(19-22)35-4)28(31)30-16-8-6-11-24(30)29(32)37-17-9-7-10-21-12-14-23(33-2)15-13-21/h12-15,18-20,24H,6-11,16-17H2,1-5H3/t20?,24-/m0/s1. The third kappa shape index (κ3) is 7.08. The van der Waals surface area contributed by atoms with E-state index >= 15 is 0 Å². The molecule has 0 aromatic heterocycles. The van der Waals surface area contributed by atoms with Crippen molar-refractivity contribution in [1.29, 1.82) is 0 Å². The van der Waals surface area contributed by atoms with Crippen LogP contribution in [0.2, 0.25) is 0 Å². The molecule has 0 saturated carbocycles. The third-order valence-corrected chi connectivity index (χ3v) is 6.88. The zero-order valence-electron chi connectivity index (χ0n) is 22.6. The number of aryl methyl sites for hydroxylation is 1. The Bertz CT molecular complexity index is 1010. The lowest BCUT2D eigenvalue weighted by Crippen LogP contribution is -2.50.